The van der Waals surface area contributed by atoms with E-state index in [1.165, 1.54) is 7.11 Å². The molecule has 0 N–H and O–H groups in total. The van der Waals surface area contributed by atoms with Gasteiger partial charge >= 0.3 is 5.97 Å². The summed E-state index contributed by atoms with van der Waals surface area (Å²) in [5.41, 5.74) is 0. The first-order valence-electron chi connectivity index (χ1n) is 8.95. The van der Waals surface area contributed by atoms with Crippen molar-refractivity contribution in [2.24, 2.45) is 5.92 Å². The zero-order valence-corrected chi connectivity index (χ0v) is 17.5. The summed E-state index contributed by atoms with van der Waals surface area (Å²) in [5, 5.41) is 0.161. The summed E-state index contributed by atoms with van der Waals surface area (Å²) in [4.78, 5) is 11.8. The van der Waals surface area contributed by atoms with Crippen molar-refractivity contribution >= 4 is 14.3 Å². The third-order valence-corrected chi connectivity index (χ3v) is 10.2. The Morgan fingerprint density at radius 1 is 1.21 bits per heavy atom. The van der Waals surface area contributed by atoms with E-state index in [0.29, 0.717) is 6.42 Å². The van der Waals surface area contributed by atoms with Crippen molar-refractivity contribution in [2.45, 2.75) is 96.1 Å². The monoisotopic (exact) mass is 358 g/mol. The lowest BCUT2D eigenvalue weighted by Gasteiger charge is -2.43. The van der Waals surface area contributed by atoms with E-state index in [1.54, 1.807) is 0 Å². The van der Waals surface area contributed by atoms with Gasteiger partial charge in [0.1, 0.15) is 0 Å². The molecule has 2 fully saturated rings. The van der Waals surface area contributed by atoms with E-state index >= 15 is 0 Å². The quantitative estimate of drug-likeness (QED) is 0.564. The number of methoxy groups -OCH3 is 1. The van der Waals surface area contributed by atoms with E-state index in [9.17, 15) is 4.79 Å². The lowest BCUT2D eigenvalue weighted by Crippen LogP contribution is -2.49. The SMILES string of the molecule is COC(=O)C[C@H]1C[C@@H](O[Si](C)(C)C(C)(C)C)C[C@@H]2OC(C)(C)O[C@@H]12. The molecule has 0 aromatic rings. The van der Waals surface area contributed by atoms with Crippen LogP contribution < -0.4 is 0 Å². The van der Waals surface area contributed by atoms with Gasteiger partial charge in [0.2, 0.25) is 0 Å². The van der Waals surface area contributed by atoms with E-state index < -0.39 is 14.1 Å². The summed E-state index contributed by atoms with van der Waals surface area (Å²) >= 11 is 0. The van der Waals surface area contributed by atoms with E-state index in [4.69, 9.17) is 18.6 Å². The van der Waals surface area contributed by atoms with Crippen molar-refractivity contribution in [3.05, 3.63) is 0 Å². The van der Waals surface area contributed by atoms with Crippen molar-refractivity contribution in [1.29, 1.82) is 0 Å². The van der Waals surface area contributed by atoms with Gasteiger partial charge in [-0.1, -0.05) is 20.8 Å². The molecule has 2 rings (SSSR count). The van der Waals surface area contributed by atoms with Crippen molar-refractivity contribution in [1.82, 2.24) is 0 Å². The van der Waals surface area contributed by atoms with Crippen LogP contribution in [0.1, 0.15) is 53.9 Å². The lowest BCUT2D eigenvalue weighted by atomic mass is 9.81. The Morgan fingerprint density at radius 2 is 1.83 bits per heavy atom. The predicted molar refractivity (Wildman–Crippen MR) is 95.3 cm³/mol. The van der Waals surface area contributed by atoms with Crippen LogP contribution in [-0.4, -0.2) is 45.5 Å². The molecule has 1 heterocycles. The molecule has 0 bridgehead atoms. The second-order valence-electron chi connectivity index (χ2n) is 9.15. The van der Waals surface area contributed by atoms with Crippen LogP contribution in [0.4, 0.5) is 0 Å². The lowest BCUT2D eigenvalue weighted by molar-refractivity contribution is -0.153. The predicted octanol–water partition coefficient (Wildman–Crippen LogP) is 3.87. The van der Waals surface area contributed by atoms with Gasteiger partial charge in [-0.2, -0.15) is 0 Å². The highest BCUT2D eigenvalue weighted by atomic mass is 28.4. The van der Waals surface area contributed by atoms with Crippen LogP contribution in [0.3, 0.4) is 0 Å². The largest absolute Gasteiger partial charge is 0.469 e. The number of hydrogen-bond donors (Lipinski definition) is 0. The summed E-state index contributed by atoms with van der Waals surface area (Å²) in [6, 6.07) is 0. The minimum atomic E-state index is -1.86. The van der Waals surface area contributed by atoms with Gasteiger partial charge in [-0.05, 0) is 38.4 Å². The van der Waals surface area contributed by atoms with Gasteiger partial charge in [-0.3, -0.25) is 4.79 Å². The van der Waals surface area contributed by atoms with E-state index in [1.807, 2.05) is 13.8 Å². The third-order valence-electron chi connectivity index (χ3n) is 5.67. The topological polar surface area (TPSA) is 54.0 Å². The Bertz CT molecular complexity index is 469. The maximum absolute atomic E-state index is 11.8. The maximum Gasteiger partial charge on any atom is 0.305 e. The normalized spacial score (nSPS) is 33.2. The molecule has 1 aliphatic carbocycles. The summed E-state index contributed by atoms with van der Waals surface area (Å²) < 4.78 is 23.7. The molecule has 0 amide bonds. The van der Waals surface area contributed by atoms with Crippen LogP contribution in [0.15, 0.2) is 0 Å². The Hall–Kier alpha value is -0.433. The minimum absolute atomic E-state index is 0.0156. The van der Waals surface area contributed by atoms with E-state index in [0.717, 1.165) is 12.8 Å². The molecule has 0 spiro atoms. The molecule has 1 saturated heterocycles. The molecule has 6 heteroatoms. The molecule has 1 saturated carbocycles. The summed E-state index contributed by atoms with van der Waals surface area (Å²) in [6.45, 7) is 15.1. The Labute approximate surface area is 147 Å². The van der Waals surface area contributed by atoms with Crippen molar-refractivity contribution in [2.75, 3.05) is 7.11 Å². The van der Waals surface area contributed by atoms with E-state index in [2.05, 4.69) is 33.9 Å². The zero-order chi connectivity index (χ0) is 18.3. The van der Waals surface area contributed by atoms with Gasteiger partial charge in [-0.25, -0.2) is 0 Å². The van der Waals surface area contributed by atoms with Gasteiger partial charge in [0.15, 0.2) is 14.1 Å². The van der Waals surface area contributed by atoms with Crippen molar-refractivity contribution in [3.8, 4) is 0 Å². The van der Waals surface area contributed by atoms with Crippen molar-refractivity contribution < 1.29 is 23.4 Å². The van der Waals surface area contributed by atoms with Crippen LogP contribution in [0.5, 0.6) is 0 Å². The number of fused-ring (bicyclic) bond motifs is 1. The first-order valence-corrected chi connectivity index (χ1v) is 11.9. The summed E-state index contributed by atoms with van der Waals surface area (Å²) in [5.74, 6) is -0.719. The first kappa shape index (κ1) is 19.9. The average molecular weight is 359 g/mol. The second-order valence-corrected chi connectivity index (χ2v) is 13.9. The van der Waals surface area contributed by atoms with Crippen LogP contribution in [0, 0.1) is 5.92 Å². The smallest absolute Gasteiger partial charge is 0.305 e. The van der Waals surface area contributed by atoms with Crippen molar-refractivity contribution in [3.63, 3.8) is 0 Å². The maximum atomic E-state index is 11.8. The first-order chi connectivity index (χ1) is 10.8. The molecule has 0 radical (unpaired) electrons. The zero-order valence-electron chi connectivity index (χ0n) is 16.5. The Balaban J connectivity index is 2.14. The molecule has 5 nitrogen and oxygen atoms in total. The number of ether oxygens (including phenoxy) is 3. The van der Waals surface area contributed by atoms with Gasteiger partial charge in [-0.15, -0.1) is 0 Å². The van der Waals surface area contributed by atoms with E-state index in [-0.39, 0.29) is 35.2 Å². The highest BCUT2D eigenvalue weighted by molar-refractivity contribution is 6.74. The number of rotatable bonds is 4. The standard InChI is InChI=1S/C18H34O5Si/c1-17(2,3)24(7,8)23-13-9-12(10-15(19)20-6)16-14(11-13)21-18(4,5)22-16/h12-14,16H,9-11H2,1-8H3/t12-,13-,14+,16+/m1/s1. The third kappa shape index (κ3) is 4.39. The highest BCUT2D eigenvalue weighted by Crippen LogP contribution is 2.45. The van der Waals surface area contributed by atoms with Gasteiger partial charge in [0.05, 0.1) is 25.7 Å². The second kappa shape index (κ2) is 6.70. The number of hydrogen-bond acceptors (Lipinski definition) is 5. The summed E-state index contributed by atoms with van der Waals surface area (Å²) in [6.07, 6.45) is 2.05. The fourth-order valence-electron chi connectivity index (χ4n) is 3.46. The molecule has 0 aromatic carbocycles. The van der Waals surface area contributed by atoms with Crippen LogP contribution in [-0.2, 0) is 23.4 Å². The van der Waals surface area contributed by atoms with Crippen LogP contribution in [0.25, 0.3) is 0 Å². The number of carbonyl (C=O) groups is 1. The molecular formula is C18H34O5Si. The number of esters is 1. The minimum Gasteiger partial charge on any atom is -0.469 e. The van der Waals surface area contributed by atoms with Gasteiger partial charge in [0, 0.05) is 18.4 Å². The van der Waals surface area contributed by atoms with Crippen LogP contribution >= 0.6 is 0 Å². The Morgan fingerprint density at radius 3 is 2.38 bits per heavy atom. The molecule has 140 valence electrons. The molecule has 2 aliphatic rings. The molecule has 24 heavy (non-hydrogen) atoms. The van der Waals surface area contributed by atoms with Gasteiger partial charge in [0.25, 0.3) is 0 Å². The number of carbonyl (C=O) groups excluding carboxylic acids is 1. The highest BCUT2D eigenvalue weighted by Gasteiger charge is 2.51. The molecule has 4 atom stereocenters. The molecule has 0 aromatic heterocycles. The average Bonchev–Trinajstić information content (AvgIpc) is 2.71. The van der Waals surface area contributed by atoms with Crippen LogP contribution in [0.2, 0.25) is 18.1 Å². The molecule has 1 aliphatic heterocycles. The van der Waals surface area contributed by atoms with Gasteiger partial charge < -0.3 is 18.6 Å². The fraction of sp³-hybridized carbons (Fsp3) is 0.944. The fourth-order valence-corrected chi connectivity index (χ4v) is 4.84. The molecule has 0 unspecified atom stereocenters. The summed E-state index contributed by atoms with van der Waals surface area (Å²) in [7, 11) is -0.430. The Kier molecular flexibility index (Phi) is 5.56. The molecular weight excluding hydrogens is 324 g/mol.